The Balaban J connectivity index is 2.55. The minimum atomic E-state index is -1.00. The predicted octanol–water partition coefficient (Wildman–Crippen LogP) is 0.914. The summed E-state index contributed by atoms with van der Waals surface area (Å²) in [6.45, 7) is 1.34. The van der Waals surface area contributed by atoms with Crippen LogP contribution in [-0.4, -0.2) is 32.3 Å². The van der Waals surface area contributed by atoms with Gasteiger partial charge in [-0.2, -0.15) is 0 Å². The van der Waals surface area contributed by atoms with Gasteiger partial charge in [-0.3, -0.25) is 4.79 Å². The summed E-state index contributed by atoms with van der Waals surface area (Å²) in [4.78, 5) is 12.0. The molecule has 0 saturated heterocycles. The predicted molar refractivity (Wildman–Crippen MR) is 64.3 cm³/mol. The average Bonchev–Trinajstić information content (AvgIpc) is 2.73. The summed E-state index contributed by atoms with van der Waals surface area (Å²) in [6, 6.07) is 3.37. The van der Waals surface area contributed by atoms with Crippen molar-refractivity contribution < 1.29 is 20.1 Å². The highest BCUT2D eigenvalue weighted by molar-refractivity contribution is 8.13. The maximum Gasteiger partial charge on any atom is 0.185 e. The Bertz CT molecular complexity index is 350. The van der Waals surface area contributed by atoms with E-state index in [0.29, 0.717) is 4.88 Å². The van der Waals surface area contributed by atoms with Gasteiger partial charge in [0.15, 0.2) is 5.12 Å². The lowest BCUT2D eigenvalue weighted by atomic mass is 10.2. The molecule has 1 rings (SSSR count). The Labute approximate surface area is 102 Å². The largest absolute Gasteiger partial charge is 0.391 e. The molecular formula is C10H14O4S2. The maximum atomic E-state index is 10.7. The number of aliphatic hydroxyl groups is 3. The van der Waals surface area contributed by atoms with E-state index in [0.717, 1.165) is 16.6 Å². The van der Waals surface area contributed by atoms with Crippen LogP contribution in [0.15, 0.2) is 12.1 Å². The van der Waals surface area contributed by atoms with Crippen molar-refractivity contribution in [2.75, 3.05) is 5.75 Å². The first-order valence-electron chi connectivity index (χ1n) is 4.73. The monoisotopic (exact) mass is 262 g/mol. The lowest BCUT2D eigenvalue weighted by Crippen LogP contribution is -2.20. The van der Waals surface area contributed by atoms with Gasteiger partial charge < -0.3 is 15.3 Å². The van der Waals surface area contributed by atoms with Crippen LogP contribution in [0.4, 0.5) is 0 Å². The molecule has 0 spiro atoms. The molecule has 1 heterocycles. The van der Waals surface area contributed by atoms with Crippen LogP contribution in [0.1, 0.15) is 22.8 Å². The summed E-state index contributed by atoms with van der Waals surface area (Å²) in [6.07, 6.45) is -1.98. The number of thioether (sulfide) groups is 1. The topological polar surface area (TPSA) is 77.8 Å². The molecule has 0 radical (unpaired) electrons. The van der Waals surface area contributed by atoms with Crippen LogP contribution < -0.4 is 0 Å². The highest BCUT2D eigenvalue weighted by Gasteiger charge is 2.20. The minimum Gasteiger partial charge on any atom is -0.391 e. The van der Waals surface area contributed by atoms with Crippen molar-refractivity contribution in [3.05, 3.63) is 21.9 Å². The van der Waals surface area contributed by atoms with Gasteiger partial charge in [-0.25, -0.2) is 0 Å². The lowest BCUT2D eigenvalue weighted by molar-refractivity contribution is -0.109. The Hall–Kier alpha value is -0.400. The number of thiophene rings is 1. The fraction of sp³-hybridized carbons (Fsp3) is 0.500. The molecule has 0 fully saturated rings. The molecule has 0 saturated carbocycles. The number of rotatable bonds is 5. The van der Waals surface area contributed by atoms with Crippen molar-refractivity contribution >= 4 is 28.2 Å². The quantitative estimate of drug-likeness (QED) is 0.735. The van der Waals surface area contributed by atoms with E-state index < -0.39 is 12.2 Å². The van der Waals surface area contributed by atoms with Crippen LogP contribution in [0.25, 0.3) is 0 Å². The summed E-state index contributed by atoms with van der Waals surface area (Å²) >= 11 is 2.23. The molecule has 4 nitrogen and oxygen atoms in total. The van der Waals surface area contributed by atoms with E-state index in [4.69, 9.17) is 5.11 Å². The minimum absolute atomic E-state index is 0.0737. The number of hydrogen-bond acceptors (Lipinski definition) is 6. The standard InChI is InChI=1S/C10H14O4S2/c1-6(12)15-5-8(13)10(14)9-3-2-7(4-11)16-9/h2-3,8,10-11,13-14H,4-5H2,1H3. The third-order valence-electron chi connectivity index (χ3n) is 1.95. The number of carbonyl (C=O) groups excluding carboxylic acids is 1. The molecular weight excluding hydrogens is 248 g/mol. The first kappa shape index (κ1) is 13.7. The fourth-order valence-electron chi connectivity index (χ4n) is 1.12. The average molecular weight is 262 g/mol. The molecule has 1 aromatic rings. The van der Waals surface area contributed by atoms with Gasteiger partial charge in [-0.05, 0) is 12.1 Å². The molecule has 0 aliphatic carbocycles. The van der Waals surface area contributed by atoms with Crippen LogP contribution in [0, 0.1) is 0 Å². The molecule has 3 N–H and O–H groups in total. The third-order valence-corrected chi connectivity index (χ3v) is 4.01. The van der Waals surface area contributed by atoms with E-state index in [1.165, 1.54) is 18.3 Å². The third kappa shape index (κ3) is 3.88. The normalized spacial score (nSPS) is 14.8. The van der Waals surface area contributed by atoms with E-state index in [9.17, 15) is 15.0 Å². The van der Waals surface area contributed by atoms with Gasteiger partial charge >= 0.3 is 0 Å². The summed E-state index contributed by atoms with van der Waals surface area (Å²) < 4.78 is 0. The first-order chi connectivity index (χ1) is 7.54. The Morgan fingerprint density at radius 3 is 2.69 bits per heavy atom. The SMILES string of the molecule is CC(=O)SCC(O)C(O)c1ccc(CO)s1. The van der Waals surface area contributed by atoms with E-state index in [-0.39, 0.29) is 17.5 Å². The van der Waals surface area contributed by atoms with Crippen molar-refractivity contribution in [3.63, 3.8) is 0 Å². The van der Waals surface area contributed by atoms with Crippen molar-refractivity contribution in [1.82, 2.24) is 0 Å². The smallest absolute Gasteiger partial charge is 0.185 e. The van der Waals surface area contributed by atoms with E-state index in [1.54, 1.807) is 12.1 Å². The summed E-state index contributed by atoms with van der Waals surface area (Å²) in [5, 5.41) is 28.2. The summed E-state index contributed by atoms with van der Waals surface area (Å²) in [5.74, 6) is 0.170. The van der Waals surface area contributed by atoms with Crippen LogP contribution in [0.3, 0.4) is 0 Å². The molecule has 0 aliphatic rings. The van der Waals surface area contributed by atoms with E-state index >= 15 is 0 Å². The van der Waals surface area contributed by atoms with Crippen molar-refractivity contribution in [1.29, 1.82) is 0 Å². The zero-order chi connectivity index (χ0) is 12.1. The van der Waals surface area contributed by atoms with Gasteiger partial charge in [0.1, 0.15) is 6.10 Å². The molecule has 0 amide bonds. The van der Waals surface area contributed by atoms with Crippen molar-refractivity contribution in [2.45, 2.75) is 25.7 Å². The molecule has 0 bridgehead atoms. The fourth-order valence-corrected chi connectivity index (χ4v) is 2.63. The number of carbonyl (C=O) groups is 1. The molecule has 2 unspecified atom stereocenters. The molecule has 2 atom stereocenters. The van der Waals surface area contributed by atoms with Gasteiger partial charge in [0.25, 0.3) is 0 Å². The Morgan fingerprint density at radius 2 is 2.19 bits per heavy atom. The van der Waals surface area contributed by atoms with Crippen LogP contribution in [0.5, 0.6) is 0 Å². The molecule has 1 aromatic heterocycles. The van der Waals surface area contributed by atoms with Crippen molar-refractivity contribution in [2.24, 2.45) is 0 Å². The molecule has 90 valence electrons. The second kappa shape index (κ2) is 6.36. The second-order valence-corrected chi connectivity index (χ2v) is 5.67. The van der Waals surface area contributed by atoms with Crippen LogP contribution >= 0.6 is 23.1 Å². The Kier molecular flexibility index (Phi) is 5.43. The number of aliphatic hydroxyl groups excluding tert-OH is 3. The van der Waals surface area contributed by atoms with Gasteiger partial charge in [0, 0.05) is 22.4 Å². The van der Waals surface area contributed by atoms with Crippen LogP contribution in [-0.2, 0) is 11.4 Å². The lowest BCUT2D eigenvalue weighted by Gasteiger charge is -2.15. The molecule has 0 aliphatic heterocycles. The zero-order valence-corrected chi connectivity index (χ0v) is 10.4. The van der Waals surface area contributed by atoms with Gasteiger partial charge in [0.05, 0.1) is 12.7 Å². The van der Waals surface area contributed by atoms with Crippen LogP contribution in [0.2, 0.25) is 0 Å². The highest BCUT2D eigenvalue weighted by atomic mass is 32.2. The highest BCUT2D eigenvalue weighted by Crippen LogP contribution is 2.27. The van der Waals surface area contributed by atoms with E-state index in [1.807, 2.05) is 0 Å². The van der Waals surface area contributed by atoms with Gasteiger partial charge in [-0.1, -0.05) is 11.8 Å². The first-order valence-corrected chi connectivity index (χ1v) is 6.53. The van der Waals surface area contributed by atoms with Gasteiger partial charge in [-0.15, -0.1) is 11.3 Å². The summed E-state index contributed by atoms with van der Waals surface area (Å²) in [5.41, 5.74) is 0. The van der Waals surface area contributed by atoms with Gasteiger partial charge in [0.2, 0.25) is 0 Å². The maximum absolute atomic E-state index is 10.7. The summed E-state index contributed by atoms with van der Waals surface area (Å²) in [7, 11) is 0. The molecule has 6 heteroatoms. The Morgan fingerprint density at radius 1 is 1.50 bits per heavy atom. The zero-order valence-electron chi connectivity index (χ0n) is 8.79. The van der Waals surface area contributed by atoms with E-state index in [2.05, 4.69) is 0 Å². The number of hydrogen-bond donors (Lipinski definition) is 3. The van der Waals surface area contributed by atoms with Crippen molar-refractivity contribution in [3.8, 4) is 0 Å². The molecule has 16 heavy (non-hydrogen) atoms. The molecule has 0 aromatic carbocycles. The second-order valence-electron chi connectivity index (χ2n) is 3.28.